The Labute approximate surface area is 129 Å². The van der Waals surface area contributed by atoms with Crippen molar-refractivity contribution < 1.29 is 9.53 Å². The Balaban J connectivity index is 1.47. The van der Waals surface area contributed by atoms with Gasteiger partial charge in [0.2, 0.25) is 0 Å². The first-order valence-electron chi connectivity index (χ1n) is 7.61. The van der Waals surface area contributed by atoms with Gasteiger partial charge >= 0.3 is 6.01 Å². The van der Waals surface area contributed by atoms with Gasteiger partial charge in [0.15, 0.2) is 0 Å². The number of ether oxygens (including phenoxy) is 1. The SMILES string of the molecule is O=C(NC1CCC(Oc2ncccn2)CC1)c1ccccc1. The van der Waals surface area contributed by atoms with E-state index in [4.69, 9.17) is 4.74 Å². The second-order valence-corrected chi connectivity index (χ2v) is 5.46. The van der Waals surface area contributed by atoms with Crippen LogP contribution in [0.3, 0.4) is 0 Å². The first kappa shape index (κ1) is 14.5. The van der Waals surface area contributed by atoms with Crippen LogP contribution in [-0.2, 0) is 0 Å². The quantitative estimate of drug-likeness (QED) is 0.942. The van der Waals surface area contributed by atoms with E-state index in [1.165, 1.54) is 0 Å². The van der Waals surface area contributed by atoms with Gasteiger partial charge < -0.3 is 10.1 Å². The lowest BCUT2D eigenvalue weighted by atomic mass is 9.92. The van der Waals surface area contributed by atoms with E-state index in [2.05, 4.69) is 15.3 Å². The van der Waals surface area contributed by atoms with E-state index in [-0.39, 0.29) is 18.1 Å². The number of aromatic nitrogens is 2. The van der Waals surface area contributed by atoms with Gasteiger partial charge in [-0.05, 0) is 43.9 Å². The summed E-state index contributed by atoms with van der Waals surface area (Å²) < 4.78 is 5.76. The van der Waals surface area contributed by atoms with Crippen molar-refractivity contribution in [2.24, 2.45) is 0 Å². The molecule has 1 N–H and O–H groups in total. The maximum Gasteiger partial charge on any atom is 0.316 e. The van der Waals surface area contributed by atoms with E-state index in [9.17, 15) is 4.79 Å². The van der Waals surface area contributed by atoms with E-state index in [0.29, 0.717) is 11.6 Å². The number of nitrogens with zero attached hydrogens (tertiary/aromatic N) is 2. The van der Waals surface area contributed by atoms with Crippen LogP contribution in [0.1, 0.15) is 36.0 Å². The molecular weight excluding hydrogens is 278 g/mol. The van der Waals surface area contributed by atoms with E-state index < -0.39 is 0 Å². The average molecular weight is 297 g/mol. The standard InChI is InChI=1S/C17H19N3O2/c21-16(13-5-2-1-3-6-13)20-14-7-9-15(10-8-14)22-17-18-11-4-12-19-17/h1-6,11-12,14-15H,7-10H2,(H,20,21). The molecule has 2 aromatic rings. The van der Waals surface area contributed by atoms with Crippen molar-refractivity contribution in [1.29, 1.82) is 0 Å². The van der Waals surface area contributed by atoms with Crippen LogP contribution in [0.25, 0.3) is 0 Å². The normalized spacial score (nSPS) is 21.1. The fourth-order valence-electron chi connectivity index (χ4n) is 2.68. The van der Waals surface area contributed by atoms with Crippen LogP contribution >= 0.6 is 0 Å². The van der Waals surface area contributed by atoms with Gasteiger partial charge in [0.05, 0.1) is 0 Å². The Morgan fingerprint density at radius 1 is 1.00 bits per heavy atom. The van der Waals surface area contributed by atoms with Crippen LogP contribution in [0.5, 0.6) is 6.01 Å². The molecule has 0 radical (unpaired) electrons. The molecule has 1 aliphatic carbocycles. The topological polar surface area (TPSA) is 64.1 Å². The summed E-state index contributed by atoms with van der Waals surface area (Å²) in [6, 6.07) is 11.7. The summed E-state index contributed by atoms with van der Waals surface area (Å²) in [5.74, 6) is -0.00337. The minimum atomic E-state index is -0.00337. The van der Waals surface area contributed by atoms with Gasteiger partial charge in [0.25, 0.3) is 5.91 Å². The molecule has 1 aliphatic rings. The third-order valence-electron chi connectivity index (χ3n) is 3.86. The van der Waals surface area contributed by atoms with Crippen molar-refractivity contribution in [3.8, 4) is 6.01 Å². The van der Waals surface area contributed by atoms with Gasteiger partial charge in [0, 0.05) is 24.0 Å². The number of benzene rings is 1. The smallest absolute Gasteiger partial charge is 0.316 e. The van der Waals surface area contributed by atoms with Crippen LogP contribution in [0.4, 0.5) is 0 Å². The Morgan fingerprint density at radius 2 is 1.68 bits per heavy atom. The molecule has 5 heteroatoms. The van der Waals surface area contributed by atoms with E-state index in [0.717, 1.165) is 25.7 Å². The first-order chi connectivity index (χ1) is 10.8. The number of amides is 1. The van der Waals surface area contributed by atoms with Crippen molar-refractivity contribution in [2.45, 2.75) is 37.8 Å². The predicted molar refractivity (Wildman–Crippen MR) is 82.6 cm³/mol. The molecule has 114 valence electrons. The second-order valence-electron chi connectivity index (χ2n) is 5.46. The van der Waals surface area contributed by atoms with Gasteiger partial charge in [-0.3, -0.25) is 4.79 Å². The molecule has 0 aliphatic heterocycles. The van der Waals surface area contributed by atoms with E-state index in [1.807, 2.05) is 30.3 Å². The zero-order chi connectivity index (χ0) is 15.2. The highest BCUT2D eigenvalue weighted by Gasteiger charge is 2.24. The fourth-order valence-corrected chi connectivity index (χ4v) is 2.68. The number of carbonyl (C=O) groups is 1. The summed E-state index contributed by atoms with van der Waals surface area (Å²) in [5, 5.41) is 3.09. The zero-order valence-corrected chi connectivity index (χ0v) is 12.3. The van der Waals surface area contributed by atoms with Crippen LogP contribution in [0, 0.1) is 0 Å². The molecule has 1 aromatic heterocycles. The zero-order valence-electron chi connectivity index (χ0n) is 12.3. The van der Waals surface area contributed by atoms with Gasteiger partial charge in [-0.15, -0.1) is 0 Å². The third-order valence-corrected chi connectivity index (χ3v) is 3.86. The lowest BCUT2D eigenvalue weighted by Gasteiger charge is -2.28. The van der Waals surface area contributed by atoms with Crippen molar-refractivity contribution in [2.75, 3.05) is 0 Å². The Hall–Kier alpha value is -2.43. The number of nitrogens with one attached hydrogen (secondary N) is 1. The molecule has 0 bridgehead atoms. The summed E-state index contributed by atoms with van der Waals surface area (Å²) in [4.78, 5) is 20.3. The molecule has 1 saturated carbocycles. The summed E-state index contributed by atoms with van der Waals surface area (Å²) >= 11 is 0. The summed E-state index contributed by atoms with van der Waals surface area (Å²) in [7, 11) is 0. The molecule has 1 heterocycles. The number of rotatable bonds is 4. The van der Waals surface area contributed by atoms with Crippen molar-refractivity contribution in [3.63, 3.8) is 0 Å². The Morgan fingerprint density at radius 3 is 2.36 bits per heavy atom. The largest absolute Gasteiger partial charge is 0.460 e. The molecule has 3 rings (SSSR count). The number of hydrogen-bond acceptors (Lipinski definition) is 4. The Bertz CT molecular complexity index is 596. The van der Waals surface area contributed by atoms with Crippen molar-refractivity contribution in [1.82, 2.24) is 15.3 Å². The maximum absolute atomic E-state index is 12.1. The minimum Gasteiger partial charge on any atom is -0.460 e. The van der Waals surface area contributed by atoms with Gasteiger partial charge in [-0.2, -0.15) is 0 Å². The maximum atomic E-state index is 12.1. The summed E-state index contributed by atoms with van der Waals surface area (Å²) in [5.41, 5.74) is 0.707. The molecule has 0 unspecified atom stereocenters. The van der Waals surface area contributed by atoms with Crippen LogP contribution in [-0.4, -0.2) is 28.0 Å². The monoisotopic (exact) mass is 297 g/mol. The van der Waals surface area contributed by atoms with Crippen molar-refractivity contribution >= 4 is 5.91 Å². The van der Waals surface area contributed by atoms with Crippen LogP contribution in [0.2, 0.25) is 0 Å². The van der Waals surface area contributed by atoms with Gasteiger partial charge in [-0.1, -0.05) is 18.2 Å². The lowest BCUT2D eigenvalue weighted by molar-refractivity contribution is 0.0885. The highest BCUT2D eigenvalue weighted by atomic mass is 16.5. The molecule has 5 nitrogen and oxygen atoms in total. The van der Waals surface area contributed by atoms with Crippen molar-refractivity contribution in [3.05, 3.63) is 54.4 Å². The fraction of sp³-hybridized carbons (Fsp3) is 0.353. The summed E-state index contributed by atoms with van der Waals surface area (Å²) in [6.45, 7) is 0. The molecule has 22 heavy (non-hydrogen) atoms. The molecule has 1 aromatic carbocycles. The first-order valence-corrected chi connectivity index (χ1v) is 7.61. The molecular formula is C17H19N3O2. The van der Waals surface area contributed by atoms with Gasteiger partial charge in [0.1, 0.15) is 6.10 Å². The Kier molecular flexibility index (Phi) is 4.63. The van der Waals surface area contributed by atoms with Crippen LogP contribution < -0.4 is 10.1 Å². The second kappa shape index (κ2) is 7.02. The molecule has 0 atom stereocenters. The van der Waals surface area contributed by atoms with Gasteiger partial charge in [-0.25, -0.2) is 9.97 Å². The van der Waals surface area contributed by atoms with Crippen LogP contribution in [0.15, 0.2) is 48.8 Å². The third kappa shape index (κ3) is 3.81. The number of carbonyl (C=O) groups excluding carboxylic acids is 1. The highest BCUT2D eigenvalue weighted by molar-refractivity contribution is 5.94. The van der Waals surface area contributed by atoms with E-state index >= 15 is 0 Å². The summed E-state index contributed by atoms with van der Waals surface area (Å²) in [6.07, 6.45) is 7.11. The molecule has 0 saturated heterocycles. The molecule has 1 amide bonds. The lowest BCUT2D eigenvalue weighted by Crippen LogP contribution is -2.39. The molecule has 1 fully saturated rings. The average Bonchev–Trinajstić information content (AvgIpc) is 2.58. The predicted octanol–water partition coefficient (Wildman–Crippen LogP) is 2.60. The number of hydrogen-bond donors (Lipinski definition) is 1. The van der Waals surface area contributed by atoms with E-state index in [1.54, 1.807) is 18.5 Å². The highest BCUT2D eigenvalue weighted by Crippen LogP contribution is 2.22. The molecule has 0 spiro atoms. The minimum absolute atomic E-state index is 0.00337.